The molecule has 1 aromatic heterocycles. The van der Waals surface area contributed by atoms with E-state index in [-0.39, 0.29) is 5.95 Å². The summed E-state index contributed by atoms with van der Waals surface area (Å²) in [6, 6.07) is 6.61. The summed E-state index contributed by atoms with van der Waals surface area (Å²) in [5.41, 5.74) is 5.65. The number of anilines is 2. The molecule has 0 spiro atoms. The normalized spacial score (nSPS) is 10.3. The summed E-state index contributed by atoms with van der Waals surface area (Å²) in [5.74, 6) is 1.52. The van der Waals surface area contributed by atoms with E-state index in [0.29, 0.717) is 27.5 Å². The van der Waals surface area contributed by atoms with Gasteiger partial charge in [0.05, 0.1) is 5.02 Å². The van der Waals surface area contributed by atoms with Crippen molar-refractivity contribution in [2.75, 3.05) is 17.6 Å². The Hall–Kier alpha value is -1.72. The highest BCUT2D eigenvalue weighted by atomic mass is 35.5. The van der Waals surface area contributed by atoms with E-state index in [9.17, 15) is 0 Å². The number of hydrogen-bond donors (Lipinski definition) is 2. The quantitative estimate of drug-likeness (QED) is 0.873. The third kappa shape index (κ3) is 3.88. The average molecular weight is 313 g/mol. The number of benzene rings is 1. The average Bonchev–Trinajstić information content (AvgIpc) is 2.39. The number of ether oxygens (including phenoxy) is 1. The van der Waals surface area contributed by atoms with Gasteiger partial charge in [-0.1, -0.05) is 30.1 Å². The van der Waals surface area contributed by atoms with E-state index in [2.05, 4.69) is 22.2 Å². The van der Waals surface area contributed by atoms with Crippen molar-refractivity contribution in [1.82, 2.24) is 9.97 Å². The molecule has 2 aromatic rings. The highest BCUT2D eigenvalue weighted by Crippen LogP contribution is 2.31. The molecule has 0 radical (unpaired) electrons. The fraction of sp³-hybridized carbons (Fsp3) is 0.231. The molecule has 20 heavy (non-hydrogen) atoms. The molecule has 2 rings (SSSR count). The van der Waals surface area contributed by atoms with Gasteiger partial charge in [-0.05, 0) is 24.6 Å². The lowest BCUT2D eigenvalue weighted by atomic mass is 10.3. The van der Waals surface area contributed by atoms with Gasteiger partial charge in [-0.3, -0.25) is 0 Å². The Morgan fingerprint density at radius 1 is 1.25 bits per heavy atom. The molecule has 0 aliphatic heterocycles. The first-order valence-electron chi connectivity index (χ1n) is 6.10. The Balaban J connectivity index is 2.21. The van der Waals surface area contributed by atoms with Crippen molar-refractivity contribution in [2.45, 2.75) is 13.3 Å². The fourth-order valence-electron chi connectivity index (χ4n) is 1.51. The predicted octanol–water partition coefficient (Wildman–Crippen LogP) is 3.98. The van der Waals surface area contributed by atoms with Gasteiger partial charge in [0, 0.05) is 17.6 Å². The van der Waals surface area contributed by atoms with Crippen LogP contribution in [0.1, 0.15) is 13.3 Å². The summed E-state index contributed by atoms with van der Waals surface area (Å²) in [6.45, 7) is 2.85. The van der Waals surface area contributed by atoms with Crippen LogP contribution in [-0.2, 0) is 0 Å². The smallest absolute Gasteiger partial charge is 0.226 e. The Morgan fingerprint density at radius 3 is 2.75 bits per heavy atom. The Kier molecular flexibility index (Phi) is 4.87. The number of aromatic nitrogens is 2. The molecule has 5 nitrogen and oxygen atoms in total. The lowest BCUT2D eigenvalue weighted by Crippen LogP contribution is -2.05. The van der Waals surface area contributed by atoms with E-state index in [4.69, 9.17) is 33.7 Å². The minimum absolute atomic E-state index is 0.131. The minimum Gasteiger partial charge on any atom is -0.437 e. The monoisotopic (exact) mass is 312 g/mol. The zero-order chi connectivity index (χ0) is 14.5. The first kappa shape index (κ1) is 14.7. The van der Waals surface area contributed by atoms with Gasteiger partial charge in [-0.15, -0.1) is 0 Å². The minimum atomic E-state index is 0.131. The molecule has 1 aromatic carbocycles. The maximum Gasteiger partial charge on any atom is 0.226 e. The summed E-state index contributed by atoms with van der Waals surface area (Å²) in [5, 5.41) is 4.06. The van der Waals surface area contributed by atoms with Crippen molar-refractivity contribution >= 4 is 35.0 Å². The van der Waals surface area contributed by atoms with Crippen molar-refractivity contribution in [3.8, 4) is 11.6 Å². The number of nitrogens with one attached hydrogen (secondary N) is 1. The van der Waals surface area contributed by atoms with Crippen molar-refractivity contribution in [1.29, 1.82) is 0 Å². The molecule has 7 heteroatoms. The van der Waals surface area contributed by atoms with E-state index in [1.807, 2.05) is 0 Å². The molecule has 0 aliphatic carbocycles. The molecule has 0 fully saturated rings. The molecule has 0 unspecified atom stereocenters. The summed E-state index contributed by atoms with van der Waals surface area (Å²) < 4.78 is 5.60. The first-order valence-corrected chi connectivity index (χ1v) is 6.85. The highest BCUT2D eigenvalue weighted by Gasteiger charge is 2.08. The number of halogens is 2. The molecule has 0 saturated heterocycles. The van der Waals surface area contributed by atoms with Gasteiger partial charge in [-0.25, -0.2) is 0 Å². The van der Waals surface area contributed by atoms with E-state index in [1.54, 1.807) is 24.3 Å². The summed E-state index contributed by atoms with van der Waals surface area (Å²) >= 11 is 11.9. The van der Waals surface area contributed by atoms with E-state index in [0.717, 1.165) is 13.0 Å². The number of nitrogen functional groups attached to an aromatic ring is 1. The lowest BCUT2D eigenvalue weighted by molar-refractivity contribution is 0.463. The fourth-order valence-corrected chi connectivity index (χ4v) is 1.96. The van der Waals surface area contributed by atoms with Gasteiger partial charge in [-0.2, -0.15) is 9.97 Å². The van der Waals surface area contributed by atoms with Gasteiger partial charge in [0.25, 0.3) is 0 Å². The van der Waals surface area contributed by atoms with Crippen LogP contribution in [0.25, 0.3) is 0 Å². The Bertz CT molecular complexity index is 607. The molecule has 106 valence electrons. The van der Waals surface area contributed by atoms with E-state index >= 15 is 0 Å². The number of rotatable bonds is 5. The van der Waals surface area contributed by atoms with Gasteiger partial charge >= 0.3 is 0 Å². The van der Waals surface area contributed by atoms with Crippen LogP contribution in [0.4, 0.5) is 11.8 Å². The van der Waals surface area contributed by atoms with Crippen LogP contribution in [0, 0.1) is 0 Å². The second-order valence-corrected chi connectivity index (χ2v) is 4.90. The lowest BCUT2D eigenvalue weighted by Gasteiger charge is -2.09. The van der Waals surface area contributed by atoms with Crippen LogP contribution in [-0.4, -0.2) is 16.5 Å². The number of nitrogens with two attached hydrogens (primary N) is 1. The second kappa shape index (κ2) is 6.63. The molecule has 3 N–H and O–H groups in total. The zero-order valence-corrected chi connectivity index (χ0v) is 12.4. The number of nitrogens with zero attached hydrogens (tertiary/aromatic N) is 2. The van der Waals surface area contributed by atoms with Gasteiger partial charge in [0.2, 0.25) is 11.8 Å². The largest absolute Gasteiger partial charge is 0.437 e. The Morgan fingerprint density at radius 2 is 2.05 bits per heavy atom. The van der Waals surface area contributed by atoms with Crippen LogP contribution in [0.3, 0.4) is 0 Å². The Labute approximate surface area is 127 Å². The summed E-state index contributed by atoms with van der Waals surface area (Å²) in [6.07, 6.45) is 0.975. The summed E-state index contributed by atoms with van der Waals surface area (Å²) in [7, 11) is 0. The second-order valence-electron chi connectivity index (χ2n) is 4.05. The maximum absolute atomic E-state index is 6.04. The molecular weight excluding hydrogens is 299 g/mol. The van der Waals surface area contributed by atoms with Crippen LogP contribution in [0.2, 0.25) is 10.0 Å². The van der Waals surface area contributed by atoms with Crippen LogP contribution in [0.15, 0.2) is 24.3 Å². The van der Waals surface area contributed by atoms with Crippen LogP contribution >= 0.6 is 23.2 Å². The molecule has 0 amide bonds. The molecule has 0 aliphatic rings. The van der Waals surface area contributed by atoms with Crippen molar-refractivity contribution < 1.29 is 4.74 Å². The highest BCUT2D eigenvalue weighted by molar-refractivity contribution is 6.35. The topological polar surface area (TPSA) is 73.1 Å². The van der Waals surface area contributed by atoms with Gasteiger partial charge in [0.1, 0.15) is 11.6 Å². The molecule has 1 heterocycles. The van der Waals surface area contributed by atoms with Crippen molar-refractivity contribution in [3.05, 3.63) is 34.3 Å². The van der Waals surface area contributed by atoms with Gasteiger partial charge in [0.15, 0.2) is 0 Å². The third-order valence-corrected chi connectivity index (χ3v) is 2.91. The SMILES string of the molecule is CCCNc1cc(Oc2ccc(Cl)cc2Cl)nc(N)n1. The molecule has 0 atom stereocenters. The van der Waals surface area contributed by atoms with Crippen molar-refractivity contribution in [3.63, 3.8) is 0 Å². The summed E-state index contributed by atoms with van der Waals surface area (Å²) in [4.78, 5) is 8.08. The first-order chi connectivity index (χ1) is 9.58. The molecule has 0 saturated carbocycles. The predicted molar refractivity (Wildman–Crippen MR) is 81.8 cm³/mol. The third-order valence-electron chi connectivity index (χ3n) is 2.38. The standard InChI is InChI=1S/C13H14Cl2N4O/c1-2-5-17-11-7-12(19-13(16)18-11)20-10-4-3-8(14)6-9(10)15/h3-4,6-7H,2,5H2,1H3,(H3,16,17,18,19). The molecule has 0 bridgehead atoms. The molecular formula is C13H14Cl2N4O. The zero-order valence-electron chi connectivity index (χ0n) is 10.9. The maximum atomic E-state index is 6.04. The van der Waals surface area contributed by atoms with Gasteiger partial charge < -0.3 is 15.8 Å². The van der Waals surface area contributed by atoms with E-state index < -0.39 is 0 Å². The van der Waals surface area contributed by atoms with Crippen molar-refractivity contribution in [2.24, 2.45) is 0 Å². The van der Waals surface area contributed by atoms with E-state index in [1.165, 1.54) is 0 Å². The number of hydrogen-bond acceptors (Lipinski definition) is 5. The van der Waals surface area contributed by atoms with Crippen LogP contribution in [0.5, 0.6) is 11.6 Å². The van der Waals surface area contributed by atoms with Crippen LogP contribution < -0.4 is 15.8 Å².